The molecule has 98 valence electrons. The molecule has 0 spiro atoms. The van der Waals surface area contributed by atoms with Crippen LogP contribution < -0.4 is 0 Å². The fraction of sp³-hybridized carbons (Fsp3) is 0.571. The van der Waals surface area contributed by atoms with Crippen molar-refractivity contribution in [3.8, 4) is 0 Å². The Morgan fingerprint density at radius 3 is 2.12 bits per heavy atom. The van der Waals surface area contributed by atoms with E-state index in [1.807, 2.05) is 6.07 Å². The Labute approximate surface area is 116 Å². The molecule has 0 amide bonds. The number of hydrogen-bond donors (Lipinski definition) is 1. The van der Waals surface area contributed by atoms with E-state index in [1.165, 1.54) is 24.8 Å². The maximum absolute atomic E-state index is 10.3. The molecule has 1 nitrogen and oxygen atoms in total. The molecule has 1 aromatic carbocycles. The highest BCUT2D eigenvalue weighted by Gasteiger charge is 2.28. The van der Waals surface area contributed by atoms with Gasteiger partial charge in [0.1, 0.15) is 0 Å². The third kappa shape index (κ3) is 5.29. The van der Waals surface area contributed by atoms with Crippen molar-refractivity contribution in [1.29, 1.82) is 0 Å². The molecule has 0 aromatic heterocycles. The normalized spacial score (nSPS) is 17.7. The number of halogens is 2. The fourth-order valence-corrected chi connectivity index (χ4v) is 2.48. The van der Waals surface area contributed by atoms with Gasteiger partial charge in [-0.25, -0.2) is 0 Å². The summed E-state index contributed by atoms with van der Waals surface area (Å²) in [6.07, 6.45) is 7.64. The van der Waals surface area contributed by atoms with Gasteiger partial charge in [0.05, 0.1) is 5.60 Å². The highest BCUT2D eigenvalue weighted by atomic mass is 35.5. The molecule has 0 aliphatic heterocycles. The van der Waals surface area contributed by atoms with Crippen LogP contribution in [0.4, 0.5) is 0 Å². The maximum Gasteiger partial charge on any atom is 0.0651 e. The first-order valence-corrected chi connectivity index (χ1v) is 6.05. The number of hydrogen-bond acceptors (Lipinski definition) is 1. The monoisotopic (exact) mass is 276 g/mol. The lowest BCUT2D eigenvalue weighted by Gasteiger charge is -2.32. The summed E-state index contributed by atoms with van der Waals surface area (Å²) in [7, 11) is 0. The van der Waals surface area contributed by atoms with E-state index in [0.717, 1.165) is 25.7 Å². The summed E-state index contributed by atoms with van der Waals surface area (Å²) in [6.45, 7) is 0. The number of aliphatic hydroxyl groups is 1. The lowest BCUT2D eigenvalue weighted by Crippen LogP contribution is -2.31. The van der Waals surface area contributed by atoms with Crippen molar-refractivity contribution in [2.75, 3.05) is 0 Å². The van der Waals surface area contributed by atoms with Crippen LogP contribution in [0, 0.1) is 0 Å². The summed E-state index contributed by atoms with van der Waals surface area (Å²) in [4.78, 5) is 0. The molecule has 17 heavy (non-hydrogen) atoms. The molecule has 1 saturated carbocycles. The Bertz CT molecular complexity index is 294. The van der Waals surface area contributed by atoms with Gasteiger partial charge < -0.3 is 5.11 Å². The predicted molar refractivity (Wildman–Crippen MR) is 77.3 cm³/mol. The van der Waals surface area contributed by atoms with Gasteiger partial charge in [0.15, 0.2) is 0 Å². The number of aryl methyl sites for hydroxylation is 1. The molecule has 1 fully saturated rings. The minimum absolute atomic E-state index is 0. The molecule has 0 atom stereocenters. The second kappa shape index (κ2) is 7.97. The highest BCUT2D eigenvalue weighted by molar-refractivity contribution is 5.85. The van der Waals surface area contributed by atoms with E-state index in [1.54, 1.807) is 0 Å². The van der Waals surface area contributed by atoms with Gasteiger partial charge in [-0.3, -0.25) is 0 Å². The van der Waals surface area contributed by atoms with Gasteiger partial charge in [-0.1, -0.05) is 49.6 Å². The standard InChI is InChI=1S/C14H20O.2ClH/c15-14(10-5-2-6-11-14)12-9-13-7-3-1-4-8-13;;/h1,3-4,7-8,15H,2,5-6,9-12H2;2*1H. The second-order valence-electron chi connectivity index (χ2n) is 4.77. The van der Waals surface area contributed by atoms with Crippen molar-refractivity contribution >= 4 is 24.8 Å². The molecule has 3 heteroatoms. The zero-order valence-electron chi connectivity index (χ0n) is 10.1. The van der Waals surface area contributed by atoms with E-state index in [4.69, 9.17) is 0 Å². The lowest BCUT2D eigenvalue weighted by atomic mass is 9.81. The Kier molecular flexibility index (Phi) is 7.85. The van der Waals surface area contributed by atoms with Crippen molar-refractivity contribution in [2.24, 2.45) is 0 Å². The molecule has 1 aliphatic rings. The Morgan fingerprint density at radius 2 is 1.53 bits per heavy atom. The first-order valence-electron chi connectivity index (χ1n) is 6.05. The first-order chi connectivity index (χ1) is 7.29. The SMILES string of the molecule is Cl.Cl.OC1(CCc2ccccc2)CCCCC1. The maximum atomic E-state index is 10.3. The summed E-state index contributed by atoms with van der Waals surface area (Å²) in [6, 6.07) is 10.5. The van der Waals surface area contributed by atoms with Crippen LogP contribution >= 0.6 is 24.8 Å². The second-order valence-corrected chi connectivity index (χ2v) is 4.77. The Hall–Kier alpha value is -0.240. The minimum atomic E-state index is -0.367. The zero-order chi connectivity index (χ0) is 10.6. The smallest absolute Gasteiger partial charge is 0.0651 e. The van der Waals surface area contributed by atoms with Gasteiger partial charge in [-0.05, 0) is 31.2 Å². The van der Waals surface area contributed by atoms with Crippen molar-refractivity contribution in [1.82, 2.24) is 0 Å². The lowest BCUT2D eigenvalue weighted by molar-refractivity contribution is -0.00341. The summed E-state index contributed by atoms with van der Waals surface area (Å²) in [5, 5.41) is 10.3. The largest absolute Gasteiger partial charge is 0.390 e. The molecule has 0 bridgehead atoms. The third-order valence-corrected chi connectivity index (χ3v) is 3.51. The molecule has 2 rings (SSSR count). The fourth-order valence-electron chi connectivity index (χ4n) is 2.48. The van der Waals surface area contributed by atoms with Gasteiger partial charge in [-0.15, -0.1) is 24.8 Å². The molecule has 0 saturated heterocycles. The van der Waals surface area contributed by atoms with Crippen LogP contribution in [0.15, 0.2) is 30.3 Å². The van der Waals surface area contributed by atoms with Gasteiger partial charge in [0, 0.05) is 0 Å². The topological polar surface area (TPSA) is 20.2 Å². The molecular weight excluding hydrogens is 255 g/mol. The average Bonchev–Trinajstić information content (AvgIpc) is 2.29. The predicted octanol–water partition coefficient (Wildman–Crippen LogP) is 4.16. The van der Waals surface area contributed by atoms with Crippen molar-refractivity contribution < 1.29 is 5.11 Å². The summed E-state index contributed by atoms with van der Waals surface area (Å²) in [5.74, 6) is 0. The van der Waals surface area contributed by atoms with E-state index in [0.29, 0.717) is 0 Å². The third-order valence-electron chi connectivity index (χ3n) is 3.51. The molecule has 1 aliphatic carbocycles. The molecule has 1 aromatic rings. The van der Waals surface area contributed by atoms with Crippen LogP contribution in [0.2, 0.25) is 0 Å². The van der Waals surface area contributed by atoms with Gasteiger partial charge >= 0.3 is 0 Å². The van der Waals surface area contributed by atoms with Crippen LogP contribution in [-0.2, 0) is 6.42 Å². The van der Waals surface area contributed by atoms with Crippen molar-refractivity contribution in [3.63, 3.8) is 0 Å². The summed E-state index contributed by atoms with van der Waals surface area (Å²) >= 11 is 0. The van der Waals surface area contributed by atoms with Crippen molar-refractivity contribution in [2.45, 2.75) is 50.5 Å². The van der Waals surface area contributed by atoms with E-state index in [-0.39, 0.29) is 30.4 Å². The zero-order valence-corrected chi connectivity index (χ0v) is 11.7. The van der Waals surface area contributed by atoms with Crippen molar-refractivity contribution in [3.05, 3.63) is 35.9 Å². The summed E-state index contributed by atoms with van der Waals surface area (Å²) in [5.41, 5.74) is 0.977. The number of benzene rings is 1. The highest BCUT2D eigenvalue weighted by Crippen LogP contribution is 2.31. The van der Waals surface area contributed by atoms with Crippen LogP contribution in [0.3, 0.4) is 0 Å². The quantitative estimate of drug-likeness (QED) is 0.879. The number of rotatable bonds is 3. The van der Waals surface area contributed by atoms with Crippen LogP contribution in [0.5, 0.6) is 0 Å². The Balaban J connectivity index is 0.00000128. The first kappa shape index (κ1) is 16.8. The minimum Gasteiger partial charge on any atom is -0.390 e. The van der Waals surface area contributed by atoms with Crippen LogP contribution in [0.1, 0.15) is 44.1 Å². The van der Waals surface area contributed by atoms with Crippen LogP contribution in [-0.4, -0.2) is 10.7 Å². The summed E-state index contributed by atoms with van der Waals surface area (Å²) < 4.78 is 0. The Morgan fingerprint density at radius 1 is 0.941 bits per heavy atom. The molecule has 1 N–H and O–H groups in total. The molecular formula is C14H22Cl2O. The van der Waals surface area contributed by atoms with E-state index in [2.05, 4.69) is 24.3 Å². The molecule has 0 radical (unpaired) electrons. The van der Waals surface area contributed by atoms with E-state index < -0.39 is 0 Å². The molecule has 0 unspecified atom stereocenters. The van der Waals surface area contributed by atoms with E-state index >= 15 is 0 Å². The van der Waals surface area contributed by atoms with Gasteiger partial charge in [0.25, 0.3) is 0 Å². The average molecular weight is 277 g/mol. The van der Waals surface area contributed by atoms with Gasteiger partial charge in [0.2, 0.25) is 0 Å². The molecule has 0 heterocycles. The van der Waals surface area contributed by atoms with E-state index in [9.17, 15) is 5.11 Å². The van der Waals surface area contributed by atoms with Gasteiger partial charge in [-0.2, -0.15) is 0 Å². The van der Waals surface area contributed by atoms with Crippen LogP contribution in [0.25, 0.3) is 0 Å².